The number of ether oxygens (including phenoxy) is 1. The van der Waals surface area contributed by atoms with Gasteiger partial charge in [0.05, 0.1) is 0 Å². The summed E-state index contributed by atoms with van der Waals surface area (Å²) in [5.41, 5.74) is 3.08. The molecule has 0 N–H and O–H groups in total. The Kier molecular flexibility index (Phi) is 2.58. The van der Waals surface area contributed by atoms with Gasteiger partial charge in [-0.3, -0.25) is 4.98 Å². The molecule has 0 bridgehead atoms. The summed E-state index contributed by atoms with van der Waals surface area (Å²) >= 11 is 0. The molecule has 3 nitrogen and oxygen atoms in total. The van der Waals surface area contributed by atoms with E-state index in [9.17, 15) is 0 Å². The maximum Gasteiger partial charge on any atom is 0.136 e. The lowest BCUT2D eigenvalue weighted by Gasteiger charge is -2.32. The molecule has 0 fully saturated rings. The van der Waals surface area contributed by atoms with E-state index < -0.39 is 0 Å². The summed E-state index contributed by atoms with van der Waals surface area (Å²) in [6.45, 7) is 4.27. The van der Waals surface area contributed by atoms with Crippen LogP contribution in [-0.4, -0.2) is 10.6 Å². The number of hydrogen-bond donors (Lipinski definition) is 0. The Labute approximate surface area is 123 Å². The Morgan fingerprint density at radius 3 is 2.90 bits per heavy atom. The molecule has 3 heterocycles. The Morgan fingerprint density at radius 2 is 2.10 bits per heavy atom. The molecule has 2 aromatic heterocycles. The van der Waals surface area contributed by atoms with Gasteiger partial charge in [-0.2, -0.15) is 0 Å². The fourth-order valence-electron chi connectivity index (χ4n) is 2.93. The molecule has 0 saturated heterocycles. The van der Waals surface area contributed by atoms with Crippen LogP contribution in [0.5, 0.6) is 5.75 Å². The quantitative estimate of drug-likeness (QED) is 0.653. The first-order chi connectivity index (χ1) is 10.1. The van der Waals surface area contributed by atoms with Crippen LogP contribution >= 0.6 is 0 Å². The first-order valence-electron chi connectivity index (χ1n) is 7.27. The third-order valence-corrected chi connectivity index (χ3v) is 4.08. The van der Waals surface area contributed by atoms with E-state index in [0.717, 1.165) is 40.9 Å². The zero-order valence-electron chi connectivity index (χ0n) is 12.2. The Bertz CT molecular complexity index is 803. The SMILES string of the molecule is CC1(C)CCc2c(ccc3oc(-c4cccnc4)cc23)O1. The fraction of sp³-hybridized carbons (Fsp3) is 0.278. The van der Waals surface area contributed by atoms with Crippen molar-refractivity contribution >= 4 is 11.0 Å². The first kappa shape index (κ1) is 12.5. The van der Waals surface area contributed by atoms with Gasteiger partial charge in [-0.15, -0.1) is 0 Å². The van der Waals surface area contributed by atoms with Gasteiger partial charge in [0.1, 0.15) is 22.7 Å². The lowest BCUT2D eigenvalue weighted by atomic mass is 9.92. The average Bonchev–Trinajstić information content (AvgIpc) is 2.91. The molecule has 0 radical (unpaired) electrons. The van der Waals surface area contributed by atoms with Crippen molar-refractivity contribution in [1.29, 1.82) is 0 Å². The molecular formula is C18H17NO2. The zero-order chi connectivity index (χ0) is 14.4. The minimum atomic E-state index is -0.0867. The van der Waals surface area contributed by atoms with Crippen LogP contribution in [0.15, 0.2) is 47.1 Å². The van der Waals surface area contributed by atoms with Gasteiger partial charge < -0.3 is 9.15 Å². The third-order valence-electron chi connectivity index (χ3n) is 4.08. The average molecular weight is 279 g/mol. The van der Waals surface area contributed by atoms with Crippen molar-refractivity contribution in [3.8, 4) is 17.1 Å². The molecule has 0 spiro atoms. The number of furan rings is 1. The molecule has 1 aliphatic rings. The second kappa shape index (κ2) is 4.35. The molecule has 106 valence electrons. The van der Waals surface area contributed by atoms with Crippen LogP contribution in [0, 0.1) is 0 Å². The highest BCUT2D eigenvalue weighted by atomic mass is 16.5. The van der Waals surface area contributed by atoms with Crippen molar-refractivity contribution in [1.82, 2.24) is 4.98 Å². The predicted octanol–water partition coefficient (Wildman–Crippen LogP) is 4.60. The van der Waals surface area contributed by atoms with E-state index in [4.69, 9.17) is 9.15 Å². The molecule has 0 atom stereocenters. The Morgan fingerprint density at radius 1 is 1.19 bits per heavy atom. The lowest BCUT2D eigenvalue weighted by molar-refractivity contribution is 0.0853. The topological polar surface area (TPSA) is 35.3 Å². The van der Waals surface area contributed by atoms with Crippen molar-refractivity contribution in [2.24, 2.45) is 0 Å². The normalized spacial score (nSPS) is 16.5. The molecule has 3 heteroatoms. The van der Waals surface area contributed by atoms with Gasteiger partial charge in [0.25, 0.3) is 0 Å². The molecule has 0 saturated carbocycles. The summed E-state index contributed by atoms with van der Waals surface area (Å²) in [5.74, 6) is 1.84. The highest BCUT2D eigenvalue weighted by Gasteiger charge is 2.28. The van der Waals surface area contributed by atoms with Crippen LogP contribution in [0.4, 0.5) is 0 Å². The minimum absolute atomic E-state index is 0.0867. The largest absolute Gasteiger partial charge is 0.488 e. The van der Waals surface area contributed by atoms with Crippen LogP contribution in [0.1, 0.15) is 25.8 Å². The number of pyridine rings is 1. The van der Waals surface area contributed by atoms with E-state index in [1.165, 1.54) is 5.56 Å². The van der Waals surface area contributed by atoms with Gasteiger partial charge in [0.2, 0.25) is 0 Å². The molecule has 0 aliphatic carbocycles. The molecular weight excluding hydrogens is 262 g/mol. The van der Waals surface area contributed by atoms with Crippen LogP contribution in [0.3, 0.4) is 0 Å². The van der Waals surface area contributed by atoms with Crippen molar-refractivity contribution in [2.75, 3.05) is 0 Å². The summed E-state index contributed by atoms with van der Waals surface area (Å²) in [7, 11) is 0. The van der Waals surface area contributed by atoms with E-state index in [0.29, 0.717) is 0 Å². The molecule has 0 amide bonds. The highest BCUT2D eigenvalue weighted by molar-refractivity contribution is 5.88. The highest BCUT2D eigenvalue weighted by Crippen LogP contribution is 2.39. The number of benzene rings is 1. The van der Waals surface area contributed by atoms with Gasteiger partial charge in [0.15, 0.2) is 0 Å². The first-order valence-corrected chi connectivity index (χ1v) is 7.27. The van der Waals surface area contributed by atoms with Gasteiger partial charge in [-0.1, -0.05) is 0 Å². The lowest BCUT2D eigenvalue weighted by Crippen LogP contribution is -2.32. The monoisotopic (exact) mass is 279 g/mol. The van der Waals surface area contributed by atoms with Crippen molar-refractivity contribution in [3.05, 3.63) is 48.3 Å². The van der Waals surface area contributed by atoms with E-state index in [1.807, 2.05) is 30.5 Å². The second-order valence-electron chi connectivity index (χ2n) is 6.17. The molecule has 1 aliphatic heterocycles. The van der Waals surface area contributed by atoms with Gasteiger partial charge >= 0.3 is 0 Å². The fourth-order valence-corrected chi connectivity index (χ4v) is 2.93. The van der Waals surface area contributed by atoms with Crippen molar-refractivity contribution in [3.63, 3.8) is 0 Å². The van der Waals surface area contributed by atoms with E-state index in [-0.39, 0.29) is 5.60 Å². The number of aryl methyl sites for hydroxylation is 1. The summed E-state index contributed by atoms with van der Waals surface area (Å²) in [6.07, 6.45) is 5.63. The van der Waals surface area contributed by atoms with Gasteiger partial charge in [-0.25, -0.2) is 0 Å². The predicted molar refractivity (Wildman–Crippen MR) is 82.5 cm³/mol. The Balaban J connectivity index is 1.86. The standard InChI is InChI=1S/C18H17NO2/c1-18(2)8-7-13-14-10-17(12-4-3-9-19-11-12)20-15(14)5-6-16(13)21-18/h3-6,9-11H,7-8H2,1-2H3. The maximum absolute atomic E-state index is 6.09. The molecule has 21 heavy (non-hydrogen) atoms. The van der Waals surface area contributed by atoms with Crippen molar-refractivity contribution in [2.45, 2.75) is 32.3 Å². The summed E-state index contributed by atoms with van der Waals surface area (Å²) in [4.78, 5) is 4.15. The minimum Gasteiger partial charge on any atom is -0.488 e. The third kappa shape index (κ3) is 2.09. The van der Waals surface area contributed by atoms with Crippen LogP contribution in [0.25, 0.3) is 22.3 Å². The molecule has 0 unspecified atom stereocenters. The second-order valence-corrected chi connectivity index (χ2v) is 6.17. The smallest absolute Gasteiger partial charge is 0.136 e. The van der Waals surface area contributed by atoms with E-state index in [2.05, 4.69) is 24.9 Å². The van der Waals surface area contributed by atoms with Crippen LogP contribution in [0.2, 0.25) is 0 Å². The molecule has 4 rings (SSSR count). The number of hydrogen-bond acceptors (Lipinski definition) is 3. The number of nitrogens with zero attached hydrogens (tertiary/aromatic N) is 1. The number of fused-ring (bicyclic) bond motifs is 3. The van der Waals surface area contributed by atoms with Crippen molar-refractivity contribution < 1.29 is 9.15 Å². The number of aromatic nitrogens is 1. The van der Waals surface area contributed by atoms with Crippen LogP contribution < -0.4 is 4.74 Å². The zero-order valence-corrected chi connectivity index (χ0v) is 12.2. The summed E-state index contributed by atoms with van der Waals surface area (Å²) in [5, 5.41) is 1.15. The van der Waals surface area contributed by atoms with Gasteiger partial charge in [0, 0.05) is 28.9 Å². The Hall–Kier alpha value is -2.29. The molecule has 1 aromatic carbocycles. The summed E-state index contributed by atoms with van der Waals surface area (Å²) in [6, 6.07) is 10.1. The van der Waals surface area contributed by atoms with Crippen LogP contribution in [-0.2, 0) is 6.42 Å². The van der Waals surface area contributed by atoms with E-state index >= 15 is 0 Å². The van der Waals surface area contributed by atoms with Gasteiger partial charge in [-0.05, 0) is 57.0 Å². The maximum atomic E-state index is 6.09. The summed E-state index contributed by atoms with van der Waals surface area (Å²) < 4.78 is 12.1. The molecule has 3 aromatic rings. The van der Waals surface area contributed by atoms with E-state index in [1.54, 1.807) is 6.20 Å². The number of rotatable bonds is 1.